The summed E-state index contributed by atoms with van der Waals surface area (Å²) in [4.78, 5) is 20.6. The summed E-state index contributed by atoms with van der Waals surface area (Å²) >= 11 is 0. The van der Waals surface area contributed by atoms with E-state index in [1.54, 1.807) is 32.5 Å². The predicted octanol–water partition coefficient (Wildman–Crippen LogP) is 3.31. The third-order valence-corrected chi connectivity index (χ3v) is 4.82. The molecule has 0 aromatic carbocycles. The Labute approximate surface area is 161 Å². The molecule has 3 aromatic heterocycles. The van der Waals surface area contributed by atoms with Crippen LogP contribution >= 0.6 is 0 Å². The Morgan fingerprint density at radius 1 is 1.32 bits per heavy atom. The summed E-state index contributed by atoms with van der Waals surface area (Å²) in [6, 6.07) is 5.69. The Bertz CT molecular complexity index is 1140. The van der Waals surface area contributed by atoms with Crippen LogP contribution in [0.25, 0.3) is 22.2 Å². The van der Waals surface area contributed by atoms with E-state index >= 15 is 0 Å². The molecule has 1 fully saturated rings. The molecule has 0 bridgehead atoms. The lowest BCUT2D eigenvalue weighted by Crippen LogP contribution is -2.15. The number of rotatable bonds is 4. The van der Waals surface area contributed by atoms with E-state index in [9.17, 15) is 9.18 Å². The summed E-state index contributed by atoms with van der Waals surface area (Å²) < 4.78 is 20.5. The molecule has 1 amide bonds. The predicted molar refractivity (Wildman–Crippen MR) is 105 cm³/mol. The van der Waals surface area contributed by atoms with Crippen LogP contribution in [0.5, 0.6) is 5.88 Å². The molecule has 4 rings (SSSR count). The van der Waals surface area contributed by atoms with Crippen LogP contribution in [0, 0.1) is 17.8 Å². The van der Waals surface area contributed by atoms with E-state index in [-0.39, 0.29) is 12.3 Å². The second kappa shape index (κ2) is 6.97. The maximum absolute atomic E-state index is 13.1. The number of hydrogen-bond donors (Lipinski definition) is 1. The summed E-state index contributed by atoms with van der Waals surface area (Å²) in [5.41, 5.74) is 3.37. The lowest BCUT2D eigenvalue weighted by Gasteiger charge is -2.09. The molecule has 7 heteroatoms. The number of carbonyl (C=O) groups is 1. The van der Waals surface area contributed by atoms with Gasteiger partial charge in [-0.2, -0.15) is 0 Å². The summed E-state index contributed by atoms with van der Waals surface area (Å²) in [5.74, 6) is 5.90. The van der Waals surface area contributed by atoms with Gasteiger partial charge in [0.2, 0.25) is 11.8 Å². The Hall–Kier alpha value is -3.40. The number of ether oxygens (including phenoxy) is 1. The van der Waals surface area contributed by atoms with Gasteiger partial charge in [-0.15, -0.1) is 5.92 Å². The van der Waals surface area contributed by atoms with Gasteiger partial charge < -0.3 is 14.6 Å². The molecule has 0 spiro atoms. The highest BCUT2D eigenvalue weighted by molar-refractivity contribution is 5.96. The number of carbonyl (C=O) groups excluding carboxylic acids is 1. The van der Waals surface area contributed by atoms with Crippen molar-refractivity contribution in [3.05, 3.63) is 36.2 Å². The average Bonchev–Trinajstić information content (AvgIpc) is 3.34. The van der Waals surface area contributed by atoms with Gasteiger partial charge in [-0.3, -0.25) is 4.79 Å². The number of methoxy groups -OCH3 is 1. The number of nitrogens with zero attached hydrogens (tertiary/aromatic N) is 3. The minimum absolute atomic E-state index is 0.285. The van der Waals surface area contributed by atoms with Crippen molar-refractivity contribution >= 4 is 22.6 Å². The summed E-state index contributed by atoms with van der Waals surface area (Å²) in [6.07, 6.45) is 2.61. The fraction of sp³-hybridized carbons (Fsp3) is 0.286. The minimum atomic E-state index is -1.04. The van der Waals surface area contributed by atoms with Crippen LogP contribution in [0.1, 0.15) is 18.9 Å². The quantitative estimate of drug-likeness (QED) is 0.707. The smallest absolute Gasteiger partial charge is 0.231 e. The van der Waals surface area contributed by atoms with Crippen molar-refractivity contribution in [3.63, 3.8) is 0 Å². The highest BCUT2D eigenvalue weighted by Crippen LogP contribution is 2.36. The Morgan fingerprint density at radius 2 is 2.11 bits per heavy atom. The molecule has 3 aromatic rings. The number of fused-ring (bicyclic) bond motifs is 1. The molecule has 1 saturated carbocycles. The van der Waals surface area contributed by atoms with Gasteiger partial charge in [0, 0.05) is 24.2 Å². The van der Waals surface area contributed by atoms with E-state index in [1.807, 2.05) is 23.7 Å². The third-order valence-electron chi connectivity index (χ3n) is 4.82. The van der Waals surface area contributed by atoms with Gasteiger partial charge in [0.05, 0.1) is 36.0 Å². The van der Waals surface area contributed by atoms with Crippen molar-refractivity contribution in [2.75, 3.05) is 12.4 Å². The second-order valence-corrected chi connectivity index (χ2v) is 6.72. The van der Waals surface area contributed by atoms with Crippen LogP contribution in [0.4, 0.5) is 10.2 Å². The number of pyridine rings is 2. The van der Waals surface area contributed by atoms with Crippen LogP contribution in [0.15, 0.2) is 30.6 Å². The van der Waals surface area contributed by atoms with E-state index in [2.05, 4.69) is 27.1 Å². The van der Waals surface area contributed by atoms with E-state index < -0.39 is 12.1 Å². The summed E-state index contributed by atoms with van der Waals surface area (Å²) in [7, 11) is 3.50. The first-order valence-corrected chi connectivity index (χ1v) is 8.89. The number of amides is 1. The van der Waals surface area contributed by atoms with Gasteiger partial charge in [-0.05, 0) is 31.5 Å². The summed E-state index contributed by atoms with van der Waals surface area (Å²) in [5, 5.41) is 3.58. The SMILES string of the molecule is CC#Cc1cnc(OC)c(-c2cc3cc(NC(=O)C4CC4F)ncc3n2C)c1. The number of alkyl halides is 1. The first-order valence-electron chi connectivity index (χ1n) is 8.89. The Balaban J connectivity index is 1.74. The molecule has 6 nitrogen and oxygen atoms in total. The van der Waals surface area contributed by atoms with Crippen LogP contribution in [-0.2, 0) is 11.8 Å². The fourth-order valence-electron chi connectivity index (χ4n) is 3.23. The molecule has 0 saturated heterocycles. The van der Waals surface area contributed by atoms with Crippen LogP contribution in [-0.4, -0.2) is 33.7 Å². The number of anilines is 1. The number of aromatic nitrogens is 3. The van der Waals surface area contributed by atoms with E-state index in [1.165, 1.54) is 0 Å². The largest absolute Gasteiger partial charge is 0.481 e. The maximum Gasteiger partial charge on any atom is 0.231 e. The maximum atomic E-state index is 13.1. The average molecular weight is 378 g/mol. The lowest BCUT2D eigenvalue weighted by molar-refractivity contribution is -0.117. The molecule has 1 aliphatic rings. The van der Waals surface area contributed by atoms with Crippen molar-refractivity contribution in [1.82, 2.24) is 14.5 Å². The number of nitrogens with one attached hydrogen (secondary N) is 1. The molecule has 3 heterocycles. The molecule has 1 aliphatic carbocycles. The molecule has 0 aliphatic heterocycles. The molecular formula is C21H19FN4O2. The van der Waals surface area contributed by atoms with Crippen molar-refractivity contribution in [3.8, 4) is 29.0 Å². The standard InChI is InChI=1S/C21H19FN4O2/c1-4-5-12-6-15(21(28-3)24-10-12)17-7-13-8-19(23-11-18(13)26(17)2)25-20(27)14-9-16(14)22/h6-8,10-11,14,16H,9H2,1-3H3,(H,23,25,27). The van der Waals surface area contributed by atoms with E-state index in [0.29, 0.717) is 11.7 Å². The highest BCUT2D eigenvalue weighted by atomic mass is 19.1. The lowest BCUT2D eigenvalue weighted by atomic mass is 10.1. The zero-order valence-electron chi connectivity index (χ0n) is 15.8. The number of aryl methyl sites for hydroxylation is 1. The van der Waals surface area contributed by atoms with Gasteiger partial charge >= 0.3 is 0 Å². The van der Waals surface area contributed by atoms with Crippen molar-refractivity contribution in [2.45, 2.75) is 19.5 Å². The first kappa shape index (κ1) is 18.0. The van der Waals surface area contributed by atoms with E-state index in [0.717, 1.165) is 27.7 Å². The fourth-order valence-corrected chi connectivity index (χ4v) is 3.23. The summed E-state index contributed by atoms with van der Waals surface area (Å²) in [6.45, 7) is 1.77. The zero-order valence-corrected chi connectivity index (χ0v) is 15.8. The van der Waals surface area contributed by atoms with Crippen LogP contribution < -0.4 is 10.1 Å². The van der Waals surface area contributed by atoms with Crippen molar-refractivity contribution in [1.29, 1.82) is 0 Å². The van der Waals surface area contributed by atoms with Gasteiger partial charge in [0.1, 0.15) is 12.0 Å². The van der Waals surface area contributed by atoms with Gasteiger partial charge in [0.25, 0.3) is 0 Å². The number of hydrogen-bond acceptors (Lipinski definition) is 4. The van der Waals surface area contributed by atoms with Gasteiger partial charge in [-0.1, -0.05) is 5.92 Å². The molecule has 28 heavy (non-hydrogen) atoms. The highest BCUT2D eigenvalue weighted by Gasteiger charge is 2.43. The first-order chi connectivity index (χ1) is 13.5. The molecular weight excluding hydrogens is 359 g/mol. The minimum Gasteiger partial charge on any atom is -0.481 e. The normalized spacial score (nSPS) is 17.7. The van der Waals surface area contributed by atoms with Gasteiger partial charge in [-0.25, -0.2) is 14.4 Å². The molecule has 2 unspecified atom stereocenters. The molecule has 0 radical (unpaired) electrons. The Morgan fingerprint density at radius 3 is 2.79 bits per heavy atom. The van der Waals surface area contributed by atoms with Crippen LogP contribution in [0.2, 0.25) is 0 Å². The monoisotopic (exact) mass is 378 g/mol. The van der Waals surface area contributed by atoms with E-state index in [4.69, 9.17) is 4.74 Å². The molecule has 142 valence electrons. The molecule has 1 N–H and O–H groups in total. The topological polar surface area (TPSA) is 69.0 Å². The van der Waals surface area contributed by atoms with Gasteiger partial charge in [0.15, 0.2) is 0 Å². The molecule has 2 atom stereocenters. The Kier molecular flexibility index (Phi) is 4.47. The second-order valence-electron chi connectivity index (χ2n) is 6.72. The van der Waals surface area contributed by atoms with Crippen molar-refractivity contribution < 1.29 is 13.9 Å². The number of halogens is 1. The van der Waals surface area contributed by atoms with Crippen molar-refractivity contribution in [2.24, 2.45) is 13.0 Å². The third kappa shape index (κ3) is 3.18. The zero-order chi connectivity index (χ0) is 19.8. The van der Waals surface area contributed by atoms with Crippen LogP contribution in [0.3, 0.4) is 0 Å².